The third kappa shape index (κ3) is 5.95. The Bertz CT molecular complexity index is 1690. The second-order valence-corrected chi connectivity index (χ2v) is 9.98. The van der Waals surface area contributed by atoms with Crippen LogP contribution < -0.4 is 16.4 Å². The first-order valence-corrected chi connectivity index (χ1v) is 12.6. The molecule has 2 N–H and O–H groups in total. The summed E-state index contributed by atoms with van der Waals surface area (Å²) in [5.41, 5.74) is -4.65. The van der Waals surface area contributed by atoms with Crippen LogP contribution in [0.5, 0.6) is 0 Å². The number of hydrogen-bond acceptors (Lipinski definition) is 5. The van der Waals surface area contributed by atoms with Crippen molar-refractivity contribution in [3.05, 3.63) is 86.6 Å². The maximum absolute atomic E-state index is 15.0. The number of aromatic amines is 1. The lowest BCUT2D eigenvalue weighted by atomic mass is 9.85. The molecular weight excluding hydrogens is 559 g/mol. The zero-order valence-electron chi connectivity index (χ0n) is 21.1. The molecule has 3 aromatic heterocycles. The van der Waals surface area contributed by atoms with Crippen LogP contribution in [0, 0.1) is 11.7 Å². The summed E-state index contributed by atoms with van der Waals surface area (Å²) < 4.78 is 95.1. The zero-order chi connectivity index (χ0) is 29.5. The highest BCUT2D eigenvalue weighted by Gasteiger charge is 2.38. The predicted octanol–water partition coefficient (Wildman–Crippen LogP) is 5.99. The van der Waals surface area contributed by atoms with Crippen LogP contribution in [0.3, 0.4) is 0 Å². The minimum atomic E-state index is -4.87. The van der Waals surface area contributed by atoms with Gasteiger partial charge in [0.2, 0.25) is 0 Å². The molecule has 0 radical (unpaired) electrons. The Morgan fingerprint density at radius 3 is 2.46 bits per heavy atom. The van der Waals surface area contributed by atoms with Crippen molar-refractivity contribution in [3.63, 3.8) is 0 Å². The van der Waals surface area contributed by atoms with Crippen LogP contribution in [0.1, 0.15) is 36.8 Å². The number of nitrogens with one attached hydrogen (secondary N) is 2. The van der Waals surface area contributed by atoms with Crippen LogP contribution in [0.2, 0.25) is 0 Å². The number of pyridine rings is 2. The number of anilines is 1. The molecule has 2 atom stereocenters. The largest absolute Gasteiger partial charge is 0.423 e. The van der Waals surface area contributed by atoms with E-state index in [-0.39, 0.29) is 29.1 Å². The number of aromatic nitrogens is 4. The Hall–Kier alpha value is -4.23. The van der Waals surface area contributed by atoms with Gasteiger partial charge in [0.1, 0.15) is 11.4 Å². The highest BCUT2D eigenvalue weighted by atomic mass is 19.4. The van der Waals surface area contributed by atoms with Crippen molar-refractivity contribution in [2.24, 2.45) is 5.92 Å². The number of benzene rings is 1. The molecule has 1 fully saturated rings. The molecule has 0 saturated heterocycles. The van der Waals surface area contributed by atoms with Gasteiger partial charge < -0.3 is 9.88 Å². The Kier molecular flexibility index (Phi) is 7.34. The van der Waals surface area contributed by atoms with Crippen molar-refractivity contribution in [2.45, 2.75) is 50.6 Å². The fourth-order valence-electron chi connectivity index (χ4n) is 5.24. The van der Waals surface area contributed by atoms with Crippen molar-refractivity contribution in [2.75, 3.05) is 5.32 Å². The summed E-state index contributed by atoms with van der Waals surface area (Å²) in [6, 6.07) is 5.41. The molecule has 41 heavy (non-hydrogen) atoms. The zero-order valence-corrected chi connectivity index (χ0v) is 21.1. The molecule has 1 aromatic carbocycles. The number of rotatable bonds is 5. The van der Waals surface area contributed by atoms with Crippen LogP contribution in [0.25, 0.3) is 22.0 Å². The van der Waals surface area contributed by atoms with E-state index in [1.807, 2.05) is 0 Å². The fraction of sp³-hybridized carbons (Fsp3) is 0.333. The third-order valence-electron chi connectivity index (χ3n) is 7.17. The molecule has 14 heteroatoms. The summed E-state index contributed by atoms with van der Waals surface area (Å²) >= 11 is 0. The molecule has 5 rings (SSSR count). The Morgan fingerprint density at radius 1 is 1.00 bits per heavy atom. The van der Waals surface area contributed by atoms with Crippen molar-refractivity contribution in [3.8, 4) is 11.3 Å². The molecule has 216 valence electrons. The second kappa shape index (κ2) is 10.6. The SMILES string of the molecule is O=c1[nH]ncc(N[C@H]2CCC[C@@H](Cn3ccc4cc(-c5ccc(C(F)(F)F)cn5)c(F)cc4c3=O)C2)c1C(F)(F)F. The lowest BCUT2D eigenvalue weighted by Gasteiger charge is -2.31. The molecule has 4 aromatic rings. The van der Waals surface area contributed by atoms with Crippen molar-refractivity contribution in [1.82, 2.24) is 19.7 Å². The van der Waals surface area contributed by atoms with Crippen LogP contribution in [-0.4, -0.2) is 25.8 Å². The molecule has 0 amide bonds. The quantitative estimate of drug-likeness (QED) is 0.283. The molecule has 0 bridgehead atoms. The lowest BCUT2D eigenvalue weighted by molar-refractivity contribution is -0.138. The van der Waals surface area contributed by atoms with Crippen molar-refractivity contribution >= 4 is 16.5 Å². The maximum Gasteiger partial charge on any atom is 0.423 e. The van der Waals surface area contributed by atoms with Gasteiger partial charge in [-0.1, -0.05) is 6.42 Å². The summed E-state index contributed by atoms with van der Waals surface area (Å²) in [7, 11) is 0. The van der Waals surface area contributed by atoms with E-state index in [2.05, 4.69) is 15.4 Å². The maximum atomic E-state index is 15.0. The summed E-state index contributed by atoms with van der Waals surface area (Å²) in [6.07, 6.45) is -4.06. The molecule has 1 saturated carbocycles. The van der Waals surface area contributed by atoms with Gasteiger partial charge >= 0.3 is 12.4 Å². The van der Waals surface area contributed by atoms with E-state index in [0.717, 1.165) is 24.4 Å². The van der Waals surface area contributed by atoms with Crippen LogP contribution in [0.15, 0.2) is 58.5 Å². The topological polar surface area (TPSA) is 92.7 Å². The summed E-state index contributed by atoms with van der Waals surface area (Å²) in [4.78, 5) is 28.7. The fourth-order valence-corrected chi connectivity index (χ4v) is 5.24. The molecule has 0 aliphatic heterocycles. The van der Waals surface area contributed by atoms with E-state index >= 15 is 0 Å². The smallest absolute Gasteiger partial charge is 0.380 e. The normalized spacial score (nSPS) is 18.0. The second-order valence-electron chi connectivity index (χ2n) is 9.98. The number of alkyl halides is 6. The van der Waals surface area contributed by atoms with Gasteiger partial charge in [0.15, 0.2) is 0 Å². The first kappa shape index (κ1) is 28.3. The average molecular weight is 581 g/mol. The molecular formula is C27H22F7N5O2. The van der Waals surface area contributed by atoms with Gasteiger partial charge in [-0.3, -0.25) is 14.6 Å². The number of halogens is 7. The molecule has 1 aliphatic carbocycles. The first-order chi connectivity index (χ1) is 19.3. The number of fused-ring (bicyclic) bond motifs is 1. The number of H-pyrrole nitrogens is 1. The van der Waals surface area contributed by atoms with Gasteiger partial charge in [0.05, 0.1) is 28.5 Å². The molecule has 3 heterocycles. The molecule has 0 spiro atoms. The monoisotopic (exact) mass is 581 g/mol. The van der Waals surface area contributed by atoms with E-state index in [4.69, 9.17) is 0 Å². The van der Waals surface area contributed by atoms with E-state index in [1.54, 1.807) is 11.2 Å². The number of nitrogens with zero attached hydrogens (tertiary/aromatic N) is 3. The molecule has 7 nitrogen and oxygen atoms in total. The lowest BCUT2D eigenvalue weighted by Crippen LogP contribution is -2.33. The van der Waals surface area contributed by atoms with E-state index < -0.39 is 52.1 Å². The Labute approximate surface area is 227 Å². The van der Waals surface area contributed by atoms with Gasteiger partial charge in [0, 0.05) is 30.5 Å². The summed E-state index contributed by atoms with van der Waals surface area (Å²) in [5, 5.41) is 8.49. The molecule has 1 aliphatic rings. The average Bonchev–Trinajstić information content (AvgIpc) is 2.89. The van der Waals surface area contributed by atoms with Crippen molar-refractivity contribution in [1.29, 1.82) is 0 Å². The van der Waals surface area contributed by atoms with Gasteiger partial charge in [-0.2, -0.15) is 31.4 Å². The van der Waals surface area contributed by atoms with Gasteiger partial charge in [-0.05, 0) is 60.9 Å². The van der Waals surface area contributed by atoms with Gasteiger partial charge in [0.25, 0.3) is 11.1 Å². The predicted molar refractivity (Wildman–Crippen MR) is 136 cm³/mol. The standard InChI is InChI=1S/C27H22F7N5O2/c28-20-10-18-15(9-19(20)21-5-4-16(11-35-21)26(29,30)31)6-7-39(25(18)41)13-14-2-1-3-17(8-14)37-22-12-36-38-24(40)23(22)27(32,33)34/h4-7,9-12,14,17H,1-3,8,13H2,(H2,37,38,40)/t14-,17+/m1/s1. The summed E-state index contributed by atoms with van der Waals surface area (Å²) in [6.45, 7) is 0.233. The number of hydrogen-bond donors (Lipinski definition) is 2. The van der Waals surface area contributed by atoms with Gasteiger partial charge in [-0.25, -0.2) is 9.49 Å². The Balaban J connectivity index is 1.35. The highest BCUT2D eigenvalue weighted by molar-refractivity contribution is 5.86. The third-order valence-corrected chi connectivity index (χ3v) is 7.17. The minimum absolute atomic E-state index is 0.0217. The van der Waals surface area contributed by atoms with Crippen LogP contribution >= 0.6 is 0 Å². The van der Waals surface area contributed by atoms with E-state index in [0.29, 0.717) is 37.3 Å². The molecule has 0 unspecified atom stereocenters. The highest BCUT2D eigenvalue weighted by Crippen LogP contribution is 2.35. The van der Waals surface area contributed by atoms with E-state index in [1.165, 1.54) is 16.8 Å². The van der Waals surface area contributed by atoms with E-state index in [9.17, 15) is 40.3 Å². The minimum Gasteiger partial charge on any atom is -0.380 e. The van der Waals surface area contributed by atoms with Crippen LogP contribution in [-0.2, 0) is 18.9 Å². The first-order valence-electron chi connectivity index (χ1n) is 12.6. The summed E-state index contributed by atoms with van der Waals surface area (Å²) in [5.74, 6) is -0.922. The van der Waals surface area contributed by atoms with Gasteiger partial charge in [-0.15, -0.1) is 0 Å². The van der Waals surface area contributed by atoms with Crippen LogP contribution in [0.4, 0.5) is 36.4 Å². The van der Waals surface area contributed by atoms with Crippen molar-refractivity contribution < 1.29 is 30.7 Å². The Morgan fingerprint density at radius 2 is 1.78 bits per heavy atom.